The Labute approximate surface area is 143 Å². The van der Waals surface area contributed by atoms with Crippen molar-refractivity contribution >= 4 is 5.82 Å². The summed E-state index contributed by atoms with van der Waals surface area (Å²) in [7, 11) is 0. The van der Waals surface area contributed by atoms with Gasteiger partial charge in [-0.1, -0.05) is 6.07 Å². The molecule has 0 radical (unpaired) electrons. The van der Waals surface area contributed by atoms with E-state index >= 15 is 0 Å². The maximum Gasteiger partial charge on any atom is 0.128 e. The molecule has 1 aliphatic rings. The highest BCUT2D eigenvalue weighted by molar-refractivity contribution is 5.41. The third-order valence-electron chi connectivity index (χ3n) is 4.77. The summed E-state index contributed by atoms with van der Waals surface area (Å²) in [6, 6.07) is 4.67. The number of aliphatic hydroxyl groups excluding tert-OH is 1. The van der Waals surface area contributed by atoms with E-state index in [-0.39, 0.29) is 6.61 Å². The largest absolute Gasteiger partial charge is 0.396 e. The summed E-state index contributed by atoms with van der Waals surface area (Å²) in [4.78, 5) is 7.01. The first-order chi connectivity index (χ1) is 11.8. The zero-order valence-electron chi connectivity index (χ0n) is 14.3. The van der Waals surface area contributed by atoms with E-state index in [1.807, 2.05) is 19.3 Å². The number of aromatic nitrogens is 3. The lowest BCUT2D eigenvalue weighted by molar-refractivity contribution is 0.262. The van der Waals surface area contributed by atoms with Gasteiger partial charge in [0, 0.05) is 49.7 Å². The van der Waals surface area contributed by atoms with Gasteiger partial charge in [-0.3, -0.25) is 5.10 Å². The number of pyridine rings is 1. The van der Waals surface area contributed by atoms with Gasteiger partial charge in [-0.25, -0.2) is 4.98 Å². The van der Waals surface area contributed by atoms with Crippen LogP contribution in [0.5, 0.6) is 0 Å². The van der Waals surface area contributed by atoms with Crippen LogP contribution in [0.3, 0.4) is 0 Å². The van der Waals surface area contributed by atoms with Crippen molar-refractivity contribution in [1.82, 2.24) is 20.5 Å². The molecule has 24 heavy (non-hydrogen) atoms. The fourth-order valence-corrected chi connectivity index (χ4v) is 3.34. The van der Waals surface area contributed by atoms with Gasteiger partial charge in [0.1, 0.15) is 5.82 Å². The van der Waals surface area contributed by atoms with E-state index in [0.717, 1.165) is 44.0 Å². The molecule has 6 heteroatoms. The zero-order chi connectivity index (χ0) is 16.8. The summed E-state index contributed by atoms with van der Waals surface area (Å²) in [5.74, 6) is 1.03. The van der Waals surface area contributed by atoms with Gasteiger partial charge in [-0.2, -0.15) is 5.10 Å². The van der Waals surface area contributed by atoms with Crippen LogP contribution < -0.4 is 10.2 Å². The summed E-state index contributed by atoms with van der Waals surface area (Å²) in [5, 5.41) is 19.7. The van der Waals surface area contributed by atoms with Crippen molar-refractivity contribution in [2.75, 3.05) is 18.1 Å². The molecule has 3 N–H and O–H groups in total. The second kappa shape index (κ2) is 8.26. The first-order valence-electron chi connectivity index (χ1n) is 8.80. The van der Waals surface area contributed by atoms with E-state index in [0.29, 0.717) is 6.04 Å². The fraction of sp³-hybridized carbons (Fsp3) is 0.556. The molecule has 0 bridgehead atoms. The lowest BCUT2D eigenvalue weighted by Crippen LogP contribution is -2.40. The topological polar surface area (TPSA) is 77.1 Å². The minimum absolute atomic E-state index is 0.247. The molecule has 130 valence electrons. The number of hydrogen-bond acceptors (Lipinski definition) is 5. The smallest absolute Gasteiger partial charge is 0.128 e. The van der Waals surface area contributed by atoms with Gasteiger partial charge in [0.05, 0.1) is 6.20 Å². The van der Waals surface area contributed by atoms with Crippen LogP contribution in [-0.4, -0.2) is 39.5 Å². The van der Waals surface area contributed by atoms with Gasteiger partial charge in [-0.05, 0) is 44.2 Å². The van der Waals surface area contributed by atoms with E-state index in [9.17, 15) is 5.11 Å². The van der Waals surface area contributed by atoms with Gasteiger partial charge in [0.15, 0.2) is 0 Å². The molecule has 0 saturated carbocycles. The number of rotatable bonds is 7. The van der Waals surface area contributed by atoms with Crippen molar-refractivity contribution in [3.63, 3.8) is 0 Å². The van der Waals surface area contributed by atoms with E-state index in [2.05, 4.69) is 37.5 Å². The highest BCUT2D eigenvalue weighted by atomic mass is 16.3. The standard InChI is InChI=1S/C18H27N5O/c1-14-16(13-21-22-14)12-19-10-15-5-6-18(20-11-15)23-8-3-2-4-17(23)7-9-24/h5-6,11,13,17,19,24H,2-4,7-10,12H2,1H3,(H,21,22)/t17-/m1/s1. The molecular weight excluding hydrogens is 302 g/mol. The van der Waals surface area contributed by atoms with Crippen LogP contribution in [-0.2, 0) is 13.1 Å². The van der Waals surface area contributed by atoms with Gasteiger partial charge in [0.25, 0.3) is 0 Å². The normalized spacial score (nSPS) is 18.1. The Kier molecular flexibility index (Phi) is 5.82. The maximum absolute atomic E-state index is 9.26. The van der Waals surface area contributed by atoms with Gasteiger partial charge in [-0.15, -0.1) is 0 Å². The number of H-pyrrole nitrogens is 1. The lowest BCUT2D eigenvalue weighted by Gasteiger charge is -2.36. The van der Waals surface area contributed by atoms with Gasteiger partial charge in [0.2, 0.25) is 0 Å². The van der Waals surface area contributed by atoms with E-state index in [1.54, 1.807) is 0 Å². The quantitative estimate of drug-likeness (QED) is 0.725. The van der Waals surface area contributed by atoms with Gasteiger partial charge >= 0.3 is 0 Å². The van der Waals surface area contributed by atoms with Crippen molar-refractivity contribution < 1.29 is 5.11 Å². The Morgan fingerprint density at radius 1 is 1.29 bits per heavy atom. The van der Waals surface area contributed by atoms with Crippen LogP contribution in [0.2, 0.25) is 0 Å². The number of anilines is 1. The number of aromatic amines is 1. The molecule has 0 unspecified atom stereocenters. The molecule has 3 rings (SSSR count). The van der Waals surface area contributed by atoms with E-state index < -0.39 is 0 Å². The molecule has 1 aliphatic heterocycles. The Hall–Kier alpha value is -1.92. The van der Waals surface area contributed by atoms with Crippen LogP contribution in [0, 0.1) is 6.92 Å². The second-order valence-corrected chi connectivity index (χ2v) is 6.50. The predicted molar refractivity (Wildman–Crippen MR) is 94.8 cm³/mol. The molecule has 0 amide bonds. The van der Waals surface area contributed by atoms with Crippen LogP contribution >= 0.6 is 0 Å². The summed E-state index contributed by atoms with van der Waals surface area (Å²) < 4.78 is 0. The predicted octanol–water partition coefficient (Wildman–Crippen LogP) is 2.14. The number of hydrogen-bond donors (Lipinski definition) is 3. The average molecular weight is 329 g/mol. The second-order valence-electron chi connectivity index (χ2n) is 6.50. The summed E-state index contributed by atoms with van der Waals surface area (Å²) in [5.41, 5.74) is 3.48. The summed E-state index contributed by atoms with van der Waals surface area (Å²) in [6.07, 6.45) is 8.24. The minimum Gasteiger partial charge on any atom is -0.396 e. The summed E-state index contributed by atoms with van der Waals surface area (Å²) >= 11 is 0. The molecule has 6 nitrogen and oxygen atoms in total. The first-order valence-corrected chi connectivity index (χ1v) is 8.80. The van der Waals surface area contributed by atoms with Crippen LogP contribution in [0.4, 0.5) is 5.82 Å². The fourth-order valence-electron chi connectivity index (χ4n) is 3.34. The molecule has 1 saturated heterocycles. The Bertz CT molecular complexity index is 623. The highest BCUT2D eigenvalue weighted by Gasteiger charge is 2.22. The Balaban J connectivity index is 1.55. The number of piperidine rings is 1. The lowest BCUT2D eigenvalue weighted by atomic mass is 9.99. The third kappa shape index (κ3) is 4.13. The van der Waals surface area contributed by atoms with E-state index in [4.69, 9.17) is 0 Å². The molecule has 1 atom stereocenters. The van der Waals surface area contributed by atoms with Crippen LogP contribution in [0.1, 0.15) is 42.5 Å². The zero-order valence-corrected chi connectivity index (χ0v) is 14.3. The first kappa shape index (κ1) is 16.9. The number of nitrogens with one attached hydrogen (secondary N) is 2. The van der Waals surface area contributed by atoms with Crippen LogP contribution in [0.15, 0.2) is 24.5 Å². The molecule has 0 spiro atoms. The van der Waals surface area contributed by atoms with Gasteiger partial charge < -0.3 is 15.3 Å². The number of aryl methyl sites for hydroxylation is 1. The van der Waals surface area contributed by atoms with Crippen LogP contribution in [0.25, 0.3) is 0 Å². The Morgan fingerprint density at radius 3 is 2.92 bits per heavy atom. The highest BCUT2D eigenvalue weighted by Crippen LogP contribution is 2.25. The molecule has 3 heterocycles. The number of nitrogens with zero attached hydrogens (tertiary/aromatic N) is 3. The monoisotopic (exact) mass is 329 g/mol. The molecule has 0 aromatic carbocycles. The van der Waals surface area contributed by atoms with Crippen molar-refractivity contribution in [2.45, 2.75) is 51.7 Å². The maximum atomic E-state index is 9.26. The summed E-state index contributed by atoms with van der Waals surface area (Å²) in [6.45, 7) is 4.90. The minimum atomic E-state index is 0.247. The molecule has 1 fully saturated rings. The third-order valence-corrected chi connectivity index (χ3v) is 4.77. The van der Waals surface area contributed by atoms with Crippen molar-refractivity contribution in [2.24, 2.45) is 0 Å². The average Bonchev–Trinajstić information content (AvgIpc) is 3.02. The molecule has 2 aromatic heterocycles. The molecule has 0 aliphatic carbocycles. The molecular formula is C18H27N5O. The van der Waals surface area contributed by atoms with Crippen molar-refractivity contribution in [1.29, 1.82) is 0 Å². The van der Waals surface area contributed by atoms with Crippen molar-refractivity contribution in [3.05, 3.63) is 41.3 Å². The molecule has 2 aromatic rings. The van der Waals surface area contributed by atoms with Crippen molar-refractivity contribution in [3.8, 4) is 0 Å². The number of aliphatic hydroxyl groups is 1. The van der Waals surface area contributed by atoms with E-state index in [1.165, 1.54) is 24.0 Å². The Morgan fingerprint density at radius 2 is 2.21 bits per heavy atom. The SMILES string of the molecule is Cc1[nH]ncc1CNCc1ccc(N2CCCC[C@@H]2CCO)nc1.